The summed E-state index contributed by atoms with van der Waals surface area (Å²) in [6.07, 6.45) is 6.46. The molecule has 0 bridgehead atoms. The average molecular weight is 452 g/mol. The highest BCUT2D eigenvalue weighted by molar-refractivity contribution is 5.87. The fraction of sp³-hybridized carbons (Fsp3) is 0.615. The number of carbonyl (C=O) groups is 1. The van der Waals surface area contributed by atoms with E-state index in [0.717, 1.165) is 61.6 Å². The summed E-state index contributed by atoms with van der Waals surface area (Å²) in [4.78, 5) is 31.6. The van der Waals surface area contributed by atoms with E-state index in [-0.39, 0.29) is 23.3 Å². The Labute approximate surface area is 197 Å². The van der Waals surface area contributed by atoms with Gasteiger partial charge in [-0.05, 0) is 51.1 Å². The van der Waals surface area contributed by atoms with Crippen LogP contribution in [0.15, 0.2) is 18.3 Å². The van der Waals surface area contributed by atoms with Crippen LogP contribution in [0.25, 0.3) is 11.5 Å². The Morgan fingerprint density at radius 1 is 1.30 bits per heavy atom. The Balaban J connectivity index is 1.61. The Morgan fingerprint density at radius 2 is 2.09 bits per heavy atom. The van der Waals surface area contributed by atoms with E-state index >= 15 is 0 Å². The van der Waals surface area contributed by atoms with Crippen LogP contribution in [0.1, 0.15) is 58.2 Å². The molecule has 2 aliphatic rings. The van der Waals surface area contributed by atoms with Gasteiger partial charge >= 0.3 is 0 Å². The van der Waals surface area contributed by atoms with Gasteiger partial charge in [-0.25, -0.2) is 9.97 Å². The lowest BCUT2D eigenvalue weighted by molar-refractivity contribution is -0.121. The molecule has 1 unspecified atom stereocenters. The van der Waals surface area contributed by atoms with Crippen molar-refractivity contribution >= 4 is 11.6 Å². The van der Waals surface area contributed by atoms with Crippen LogP contribution in [0.3, 0.4) is 0 Å². The summed E-state index contributed by atoms with van der Waals surface area (Å²) < 4.78 is 6.20. The maximum Gasteiger partial charge on any atom is 0.180 e. The maximum absolute atomic E-state index is 12.9. The van der Waals surface area contributed by atoms with Crippen molar-refractivity contribution in [1.29, 1.82) is 0 Å². The predicted octanol–water partition coefficient (Wildman–Crippen LogP) is 3.94. The minimum absolute atomic E-state index is 0.0382. The van der Waals surface area contributed by atoms with Crippen LogP contribution in [0.5, 0.6) is 5.75 Å². The molecule has 0 spiro atoms. The molecule has 1 aliphatic heterocycles. The predicted molar refractivity (Wildman–Crippen MR) is 131 cm³/mol. The quantitative estimate of drug-likeness (QED) is 0.631. The van der Waals surface area contributed by atoms with Crippen molar-refractivity contribution in [3.8, 4) is 17.3 Å². The number of ketones is 1. The number of aromatic nitrogens is 3. The van der Waals surface area contributed by atoms with Crippen LogP contribution < -0.4 is 9.64 Å². The van der Waals surface area contributed by atoms with E-state index in [0.29, 0.717) is 17.9 Å². The van der Waals surface area contributed by atoms with Crippen molar-refractivity contribution in [3.63, 3.8) is 0 Å². The molecule has 3 heterocycles. The second-order valence-electron chi connectivity index (χ2n) is 10.8. The monoisotopic (exact) mass is 451 g/mol. The largest absolute Gasteiger partial charge is 0.489 e. The third-order valence-corrected chi connectivity index (χ3v) is 6.61. The second kappa shape index (κ2) is 9.37. The van der Waals surface area contributed by atoms with Gasteiger partial charge in [-0.3, -0.25) is 9.78 Å². The number of hydrogen-bond donors (Lipinski definition) is 0. The van der Waals surface area contributed by atoms with Gasteiger partial charge in [0.15, 0.2) is 11.6 Å². The van der Waals surface area contributed by atoms with Crippen LogP contribution in [-0.4, -0.2) is 65.0 Å². The number of anilines is 1. The summed E-state index contributed by atoms with van der Waals surface area (Å²) in [6, 6.07) is 3.58. The van der Waals surface area contributed by atoms with E-state index in [1.165, 1.54) is 0 Å². The minimum atomic E-state index is -0.251. The third kappa shape index (κ3) is 5.52. The number of nitrogens with zero attached hydrogens (tertiary/aromatic N) is 5. The molecule has 0 N–H and O–H groups in total. The Bertz CT molecular complexity index is 1020. The summed E-state index contributed by atoms with van der Waals surface area (Å²) in [5.41, 5.74) is 2.90. The number of likely N-dealkylation sites (N-methyl/N-ethyl adjacent to an activating group) is 2. The average Bonchev–Trinajstić information content (AvgIpc) is 3.39. The third-order valence-electron chi connectivity index (χ3n) is 6.61. The smallest absolute Gasteiger partial charge is 0.180 e. The molecule has 0 saturated carbocycles. The van der Waals surface area contributed by atoms with E-state index in [1.54, 1.807) is 6.20 Å². The number of likely N-dealkylation sites (tertiary alicyclic amines) is 1. The van der Waals surface area contributed by atoms with Gasteiger partial charge in [0.25, 0.3) is 0 Å². The number of carbonyl (C=O) groups excluding carboxylic acids is 1. The molecule has 1 fully saturated rings. The summed E-state index contributed by atoms with van der Waals surface area (Å²) in [5.74, 6) is 2.48. The van der Waals surface area contributed by atoms with E-state index < -0.39 is 0 Å². The number of fused-ring (bicyclic) bond motifs is 1. The Hall–Kier alpha value is -2.54. The van der Waals surface area contributed by atoms with Gasteiger partial charge in [-0.1, -0.05) is 20.8 Å². The number of rotatable bonds is 7. The van der Waals surface area contributed by atoms with Gasteiger partial charge < -0.3 is 14.5 Å². The van der Waals surface area contributed by atoms with Crippen LogP contribution in [0.2, 0.25) is 0 Å². The van der Waals surface area contributed by atoms with E-state index in [4.69, 9.17) is 14.7 Å². The van der Waals surface area contributed by atoms with E-state index in [9.17, 15) is 4.79 Å². The molecule has 2 aromatic heterocycles. The van der Waals surface area contributed by atoms with Crippen LogP contribution >= 0.6 is 0 Å². The lowest BCUT2D eigenvalue weighted by Gasteiger charge is -2.29. The minimum Gasteiger partial charge on any atom is -0.489 e. The Kier molecular flexibility index (Phi) is 6.71. The highest BCUT2D eigenvalue weighted by Gasteiger charge is 2.29. The lowest BCUT2D eigenvalue weighted by atomic mass is 9.88. The van der Waals surface area contributed by atoms with Crippen molar-refractivity contribution in [1.82, 2.24) is 19.9 Å². The first-order valence-electron chi connectivity index (χ1n) is 12.1. The van der Waals surface area contributed by atoms with Crippen LogP contribution in [0, 0.1) is 5.41 Å². The molecule has 33 heavy (non-hydrogen) atoms. The zero-order chi connectivity index (χ0) is 23.8. The number of ether oxygens (including phenoxy) is 1. The molecule has 0 radical (unpaired) electrons. The van der Waals surface area contributed by atoms with Gasteiger partial charge in [-0.15, -0.1) is 0 Å². The number of pyridine rings is 1. The van der Waals surface area contributed by atoms with Gasteiger partial charge in [0.2, 0.25) is 0 Å². The standard InChI is InChI=1S/C26H37N5O2/c1-17(23(32)15-26(2,3)4)31(6)25-20-8-7-9-21(20)28-24(29-25)22-14-18(10-12-27-22)33-19-11-13-30(5)16-19/h10,12,14,17,19H,7-9,11,13,15-16H2,1-6H3/t17-,19?/m1/s1. The molecule has 2 aromatic rings. The van der Waals surface area contributed by atoms with Crippen molar-refractivity contribution in [2.24, 2.45) is 5.41 Å². The van der Waals surface area contributed by atoms with Gasteiger partial charge in [-0.2, -0.15) is 0 Å². The highest BCUT2D eigenvalue weighted by Crippen LogP contribution is 2.33. The molecule has 7 nitrogen and oxygen atoms in total. The van der Waals surface area contributed by atoms with Gasteiger partial charge in [0, 0.05) is 50.1 Å². The first-order chi connectivity index (χ1) is 15.6. The topological polar surface area (TPSA) is 71.5 Å². The van der Waals surface area contributed by atoms with Gasteiger partial charge in [0.1, 0.15) is 23.4 Å². The van der Waals surface area contributed by atoms with E-state index in [1.807, 2.05) is 31.0 Å². The van der Waals surface area contributed by atoms with Crippen molar-refractivity contribution < 1.29 is 9.53 Å². The SMILES string of the molecule is C[C@H](C(=O)CC(C)(C)C)N(C)c1nc(-c2cc(OC3CCN(C)C3)ccn2)nc2c1CCC2. The summed E-state index contributed by atoms with van der Waals surface area (Å²) in [6.45, 7) is 10.3. The van der Waals surface area contributed by atoms with Crippen molar-refractivity contribution in [2.45, 2.75) is 71.9 Å². The zero-order valence-corrected chi connectivity index (χ0v) is 20.9. The lowest BCUT2D eigenvalue weighted by Crippen LogP contribution is -2.38. The number of aryl methyl sites for hydroxylation is 1. The van der Waals surface area contributed by atoms with Crippen LogP contribution in [-0.2, 0) is 17.6 Å². The fourth-order valence-electron chi connectivity index (χ4n) is 4.68. The number of Topliss-reactive ketones (excluding diaryl/α,β-unsaturated/α-hetero) is 1. The maximum atomic E-state index is 12.9. The Morgan fingerprint density at radius 3 is 2.79 bits per heavy atom. The summed E-state index contributed by atoms with van der Waals surface area (Å²) in [7, 11) is 4.09. The molecule has 1 aliphatic carbocycles. The molecule has 1 saturated heterocycles. The highest BCUT2D eigenvalue weighted by atomic mass is 16.5. The summed E-state index contributed by atoms with van der Waals surface area (Å²) >= 11 is 0. The van der Waals surface area contributed by atoms with Crippen LogP contribution in [0.4, 0.5) is 5.82 Å². The molecule has 0 amide bonds. The number of hydrogen-bond acceptors (Lipinski definition) is 7. The van der Waals surface area contributed by atoms with Crippen molar-refractivity contribution in [2.75, 3.05) is 32.1 Å². The molecule has 4 rings (SSSR count). The molecular weight excluding hydrogens is 414 g/mol. The fourth-order valence-corrected chi connectivity index (χ4v) is 4.68. The van der Waals surface area contributed by atoms with Crippen molar-refractivity contribution in [3.05, 3.63) is 29.6 Å². The molecule has 2 atom stereocenters. The van der Waals surface area contributed by atoms with E-state index in [2.05, 4.69) is 37.7 Å². The molecule has 7 heteroatoms. The first-order valence-corrected chi connectivity index (χ1v) is 12.1. The first kappa shape index (κ1) is 23.6. The second-order valence-corrected chi connectivity index (χ2v) is 10.8. The molecule has 178 valence electrons. The molecule has 0 aromatic carbocycles. The summed E-state index contributed by atoms with van der Waals surface area (Å²) in [5, 5.41) is 0. The zero-order valence-electron chi connectivity index (χ0n) is 20.9. The molecular formula is C26H37N5O2. The van der Waals surface area contributed by atoms with Gasteiger partial charge in [0.05, 0.1) is 6.04 Å². The normalized spacial score (nSPS) is 19.4.